The van der Waals surface area contributed by atoms with E-state index in [0.717, 1.165) is 22.4 Å². The SMILES string of the molecule is Cc1c(COc2ccc(CN)c(OCc3cccc4nonc34)c2)cccc1-c1ccccc1. The van der Waals surface area contributed by atoms with Gasteiger partial charge in [-0.3, -0.25) is 0 Å². The Kier molecular flexibility index (Phi) is 6.23. The fraction of sp³-hybridized carbons (Fsp3) is 0.143. The number of rotatable bonds is 8. The molecule has 0 aliphatic heterocycles. The van der Waals surface area contributed by atoms with Crippen molar-refractivity contribution in [2.45, 2.75) is 26.7 Å². The molecular weight excluding hydrogens is 426 g/mol. The van der Waals surface area contributed by atoms with Gasteiger partial charge in [-0.15, -0.1) is 0 Å². The molecule has 0 saturated carbocycles. The van der Waals surface area contributed by atoms with E-state index in [-0.39, 0.29) is 0 Å². The Balaban J connectivity index is 1.33. The Labute approximate surface area is 197 Å². The predicted octanol–water partition coefficient (Wildman–Crippen LogP) is 5.81. The van der Waals surface area contributed by atoms with Crippen molar-refractivity contribution < 1.29 is 14.1 Å². The minimum Gasteiger partial charge on any atom is -0.489 e. The van der Waals surface area contributed by atoms with Gasteiger partial charge in [0, 0.05) is 23.7 Å². The summed E-state index contributed by atoms with van der Waals surface area (Å²) in [5, 5.41) is 7.86. The summed E-state index contributed by atoms with van der Waals surface area (Å²) in [6, 6.07) is 28.1. The minimum absolute atomic E-state index is 0.320. The molecule has 0 saturated heterocycles. The third-order valence-electron chi connectivity index (χ3n) is 5.94. The van der Waals surface area contributed by atoms with Crippen molar-refractivity contribution in [1.29, 1.82) is 0 Å². The summed E-state index contributed by atoms with van der Waals surface area (Å²) in [5.41, 5.74) is 13.9. The molecule has 6 nitrogen and oxygen atoms in total. The highest BCUT2D eigenvalue weighted by Gasteiger charge is 2.11. The number of hydrogen-bond acceptors (Lipinski definition) is 6. The number of ether oxygens (including phenoxy) is 2. The van der Waals surface area contributed by atoms with Crippen LogP contribution in [0, 0.1) is 6.92 Å². The van der Waals surface area contributed by atoms with E-state index in [4.69, 9.17) is 19.8 Å². The van der Waals surface area contributed by atoms with E-state index in [2.05, 4.69) is 59.7 Å². The van der Waals surface area contributed by atoms with Crippen LogP contribution in [-0.2, 0) is 19.8 Å². The molecule has 0 fully saturated rings. The molecule has 0 spiro atoms. The lowest BCUT2D eigenvalue weighted by Gasteiger charge is -2.15. The lowest BCUT2D eigenvalue weighted by Crippen LogP contribution is -2.04. The Morgan fingerprint density at radius 1 is 0.765 bits per heavy atom. The highest BCUT2D eigenvalue weighted by molar-refractivity contribution is 5.76. The number of aromatic nitrogens is 2. The van der Waals surface area contributed by atoms with Crippen LogP contribution in [0.25, 0.3) is 22.2 Å². The molecule has 0 amide bonds. The average Bonchev–Trinajstić information content (AvgIpc) is 3.37. The van der Waals surface area contributed by atoms with E-state index in [0.29, 0.717) is 36.5 Å². The molecule has 0 aliphatic rings. The third-order valence-corrected chi connectivity index (χ3v) is 5.94. The van der Waals surface area contributed by atoms with Crippen LogP contribution in [0.3, 0.4) is 0 Å². The minimum atomic E-state index is 0.320. The van der Waals surface area contributed by atoms with Gasteiger partial charge in [0.15, 0.2) is 0 Å². The summed E-state index contributed by atoms with van der Waals surface area (Å²) >= 11 is 0. The van der Waals surface area contributed by atoms with E-state index >= 15 is 0 Å². The Hall–Kier alpha value is -4.16. The lowest BCUT2D eigenvalue weighted by atomic mass is 9.97. The van der Waals surface area contributed by atoms with Crippen LogP contribution in [0.1, 0.15) is 22.3 Å². The largest absolute Gasteiger partial charge is 0.489 e. The predicted molar refractivity (Wildman–Crippen MR) is 131 cm³/mol. The standard InChI is InChI=1S/C28H25N3O3/c1-19-22(9-5-11-25(19)20-7-3-2-4-8-20)17-32-24-14-13-21(16-29)27(15-24)33-18-23-10-6-12-26-28(23)31-34-30-26/h2-15H,16-18,29H2,1H3. The van der Waals surface area contributed by atoms with Crippen LogP contribution in [0.4, 0.5) is 0 Å². The third kappa shape index (κ3) is 4.49. The van der Waals surface area contributed by atoms with Gasteiger partial charge in [0.05, 0.1) is 0 Å². The molecule has 0 atom stereocenters. The van der Waals surface area contributed by atoms with Crippen LogP contribution in [0.15, 0.2) is 89.6 Å². The van der Waals surface area contributed by atoms with Crippen LogP contribution in [0.2, 0.25) is 0 Å². The van der Waals surface area contributed by atoms with Crippen LogP contribution in [0.5, 0.6) is 11.5 Å². The van der Waals surface area contributed by atoms with Gasteiger partial charge in [-0.1, -0.05) is 66.7 Å². The molecule has 5 rings (SSSR count). The first-order chi connectivity index (χ1) is 16.7. The zero-order chi connectivity index (χ0) is 23.3. The summed E-state index contributed by atoms with van der Waals surface area (Å²) < 4.78 is 17.1. The maximum Gasteiger partial charge on any atom is 0.141 e. The first kappa shape index (κ1) is 21.7. The first-order valence-electron chi connectivity index (χ1n) is 11.2. The number of hydrogen-bond donors (Lipinski definition) is 1. The molecule has 1 heterocycles. The van der Waals surface area contributed by atoms with Gasteiger partial charge in [-0.25, -0.2) is 4.63 Å². The fourth-order valence-electron chi connectivity index (χ4n) is 3.99. The molecule has 5 aromatic rings. The van der Waals surface area contributed by atoms with Crippen LogP contribution < -0.4 is 15.2 Å². The van der Waals surface area contributed by atoms with Gasteiger partial charge in [-0.05, 0) is 51.6 Å². The lowest BCUT2D eigenvalue weighted by molar-refractivity contribution is 0.287. The van der Waals surface area contributed by atoms with Crippen LogP contribution >= 0.6 is 0 Å². The van der Waals surface area contributed by atoms with E-state index in [9.17, 15) is 0 Å². The van der Waals surface area contributed by atoms with E-state index < -0.39 is 0 Å². The second-order valence-corrected chi connectivity index (χ2v) is 8.06. The smallest absolute Gasteiger partial charge is 0.141 e. The average molecular weight is 452 g/mol. The molecular formula is C28H25N3O3. The van der Waals surface area contributed by atoms with Crippen molar-refractivity contribution >= 4 is 11.0 Å². The van der Waals surface area contributed by atoms with Crippen molar-refractivity contribution in [2.75, 3.05) is 0 Å². The van der Waals surface area contributed by atoms with Crippen molar-refractivity contribution in [1.82, 2.24) is 10.3 Å². The molecule has 2 N–H and O–H groups in total. The van der Waals surface area contributed by atoms with Crippen molar-refractivity contribution in [3.8, 4) is 22.6 Å². The molecule has 0 bridgehead atoms. The summed E-state index contributed by atoms with van der Waals surface area (Å²) in [7, 11) is 0. The first-order valence-corrected chi connectivity index (χ1v) is 11.2. The Morgan fingerprint density at radius 3 is 2.41 bits per heavy atom. The molecule has 34 heavy (non-hydrogen) atoms. The normalized spacial score (nSPS) is 11.0. The maximum absolute atomic E-state index is 6.16. The molecule has 4 aromatic carbocycles. The van der Waals surface area contributed by atoms with Gasteiger partial charge in [0.2, 0.25) is 0 Å². The quantitative estimate of drug-likeness (QED) is 0.320. The van der Waals surface area contributed by atoms with Gasteiger partial charge < -0.3 is 15.2 Å². The number of nitrogens with two attached hydrogens (primary N) is 1. The second-order valence-electron chi connectivity index (χ2n) is 8.06. The Morgan fingerprint density at radius 2 is 1.56 bits per heavy atom. The second kappa shape index (κ2) is 9.77. The van der Waals surface area contributed by atoms with E-state index in [1.807, 2.05) is 42.5 Å². The van der Waals surface area contributed by atoms with Crippen molar-refractivity contribution in [3.05, 3.63) is 107 Å². The number of fused-ring (bicyclic) bond motifs is 1. The molecule has 170 valence electrons. The van der Waals surface area contributed by atoms with Crippen molar-refractivity contribution in [3.63, 3.8) is 0 Å². The van der Waals surface area contributed by atoms with Gasteiger partial charge in [0.25, 0.3) is 0 Å². The summed E-state index contributed by atoms with van der Waals surface area (Å²) in [5.74, 6) is 1.40. The molecule has 0 unspecified atom stereocenters. The van der Waals surface area contributed by atoms with E-state index in [1.165, 1.54) is 16.7 Å². The van der Waals surface area contributed by atoms with E-state index in [1.54, 1.807) is 0 Å². The highest BCUT2D eigenvalue weighted by Crippen LogP contribution is 2.29. The summed E-state index contributed by atoms with van der Waals surface area (Å²) in [6.07, 6.45) is 0. The van der Waals surface area contributed by atoms with Gasteiger partial charge in [0.1, 0.15) is 35.7 Å². The fourth-order valence-corrected chi connectivity index (χ4v) is 3.99. The highest BCUT2D eigenvalue weighted by atomic mass is 16.6. The molecule has 1 aromatic heterocycles. The number of nitrogens with zero attached hydrogens (tertiary/aromatic N) is 2. The monoisotopic (exact) mass is 451 g/mol. The summed E-state index contributed by atoms with van der Waals surface area (Å²) in [4.78, 5) is 0. The van der Waals surface area contributed by atoms with Crippen LogP contribution in [-0.4, -0.2) is 10.3 Å². The van der Waals surface area contributed by atoms with Gasteiger partial charge in [-0.2, -0.15) is 0 Å². The zero-order valence-electron chi connectivity index (χ0n) is 18.9. The maximum atomic E-state index is 6.16. The topological polar surface area (TPSA) is 83.4 Å². The molecule has 6 heteroatoms. The van der Waals surface area contributed by atoms with Crippen molar-refractivity contribution in [2.24, 2.45) is 5.73 Å². The zero-order valence-corrected chi connectivity index (χ0v) is 18.9. The molecule has 0 aliphatic carbocycles. The Bertz CT molecular complexity index is 1410. The van der Waals surface area contributed by atoms with Gasteiger partial charge >= 0.3 is 0 Å². The molecule has 0 radical (unpaired) electrons. The summed E-state index contributed by atoms with van der Waals surface area (Å²) in [6.45, 7) is 3.27. The number of benzene rings is 4.